The third kappa shape index (κ3) is 2.91. The van der Waals surface area contributed by atoms with Crippen molar-refractivity contribution in [3.05, 3.63) is 28.8 Å². The molecular formula is C13H16N6OS2. The Labute approximate surface area is 135 Å². The molecule has 9 heteroatoms. The molecule has 0 aliphatic heterocycles. The largest absolute Gasteiger partial charge is 0.290 e. The Morgan fingerprint density at radius 2 is 2.18 bits per heavy atom. The van der Waals surface area contributed by atoms with Crippen molar-refractivity contribution in [2.24, 2.45) is 5.92 Å². The molecule has 22 heavy (non-hydrogen) atoms. The second-order valence-electron chi connectivity index (χ2n) is 5.27. The number of nitrogens with zero attached hydrogens (tertiary/aromatic N) is 6. The van der Waals surface area contributed by atoms with E-state index >= 15 is 0 Å². The molecule has 0 aromatic carbocycles. The number of hydrogen-bond acceptors (Lipinski definition) is 7. The van der Waals surface area contributed by atoms with Gasteiger partial charge in [-0.2, -0.15) is 5.10 Å². The third-order valence-corrected chi connectivity index (χ3v) is 5.10. The maximum absolute atomic E-state index is 12.5. The third-order valence-electron chi connectivity index (χ3n) is 3.08. The summed E-state index contributed by atoms with van der Waals surface area (Å²) in [7, 11) is 0. The zero-order chi connectivity index (χ0) is 15.7. The van der Waals surface area contributed by atoms with E-state index in [0.717, 1.165) is 16.7 Å². The summed E-state index contributed by atoms with van der Waals surface area (Å²) in [5, 5.41) is 4.22. The van der Waals surface area contributed by atoms with Crippen LogP contribution >= 0.6 is 23.1 Å². The predicted molar refractivity (Wildman–Crippen MR) is 87.4 cm³/mol. The molecule has 0 unspecified atom stereocenters. The number of fused-ring (bicyclic) bond motifs is 1. The highest BCUT2D eigenvalue weighted by Gasteiger charge is 2.13. The van der Waals surface area contributed by atoms with Crippen molar-refractivity contribution in [1.82, 2.24) is 29.3 Å². The van der Waals surface area contributed by atoms with Crippen LogP contribution < -0.4 is 5.56 Å². The smallest absolute Gasteiger partial charge is 0.273 e. The molecule has 3 rings (SSSR count). The number of thioether (sulfide) groups is 1. The van der Waals surface area contributed by atoms with Gasteiger partial charge >= 0.3 is 0 Å². The maximum atomic E-state index is 12.5. The Morgan fingerprint density at radius 3 is 2.91 bits per heavy atom. The van der Waals surface area contributed by atoms with Crippen molar-refractivity contribution in [1.29, 1.82) is 0 Å². The summed E-state index contributed by atoms with van der Waals surface area (Å²) < 4.78 is 4.83. The van der Waals surface area contributed by atoms with Crippen LogP contribution in [-0.2, 0) is 13.1 Å². The summed E-state index contributed by atoms with van der Waals surface area (Å²) in [6.45, 7) is 5.37. The first-order valence-electron chi connectivity index (χ1n) is 6.85. The molecule has 7 nitrogen and oxygen atoms in total. The normalized spacial score (nSPS) is 11.6. The molecule has 0 bridgehead atoms. The van der Waals surface area contributed by atoms with Crippen LogP contribution in [0.4, 0.5) is 0 Å². The standard InChI is InChI=1S/C13H16N6OS2/c1-8(2)4-19-9(14-6-16-19)5-18-7-15-11-10(12(18)20)22-13(17-11)21-3/h6-8H,4-5H2,1-3H3. The van der Waals surface area contributed by atoms with Crippen molar-refractivity contribution < 1.29 is 0 Å². The Balaban J connectivity index is 1.96. The maximum Gasteiger partial charge on any atom is 0.273 e. The van der Waals surface area contributed by atoms with E-state index in [1.807, 2.05) is 10.9 Å². The van der Waals surface area contributed by atoms with Crippen LogP contribution in [0.15, 0.2) is 21.8 Å². The zero-order valence-electron chi connectivity index (χ0n) is 12.6. The number of thiazole rings is 1. The van der Waals surface area contributed by atoms with E-state index in [2.05, 4.69) is 33.9 Å². The van der Waals surface area contributed by atoms with Crippen LogP contribution in [0.5, 0.6) is 0 Å². The van der Waals surface area contributed by atoms with Gasteiger partial charge in [0.1, 0.15) is 23.2 Å². The van der Waals surface area contributed by atoms with Gasteiger partial charge in [-0.1, -0.05) is 25.6 Å². The average molecular weight is 336 g/mol. The molecule has 0 atom stereocenters. The minimum Gasteiger partial charge on any atom is -0.290 e. The Hall–Kier alpha value is -1.74. The van der Waals surface area contributed by atoms with Crippen molar-refractivity contribution >= 4 is 33.4 Å². The first kappa shape index (κ1) is 15.2. The van der Waals surface area contributed by atoms with Gasteiger partial charge in [0.15, 0.2) is 9.99 Å². The van der Waals surface area contributed by atoms with Crippen LogP contribution in [-0.4, -0.2) is 35.6 Å². The van der Waals surface area contributed by atoms with E-state index < -0.39 is 0 Å². The van der Waals surface area contributed by atoms with Crippen molar-refractivity contribution in [2.75, 3.05) is 6.26 Å². The molecular weight excluding hydrogens is 320 g/mol. The quantitative estimate of drug-likeness (QED) is 0.662. The molecule has 0 radical (unpaired) electrons. The highest BCUT2D eigenvalue weighted by Crippen LogP contribution is 2.24. The Kier molecular flexibility index (Phi) is 4.25. The molecule has 0 aliphatic rings. The van der Waals surface area contributed by atoms with Gasteiger partial charge in [0.25, 0.3) is 5.56 Å². The van der Waals surface area contributed by atoms with E-state index in [4.69, 9.17) is 0 Å². The van der Waals surface area contributed by atoms with Crippen molar-refractivity contribution in [2.45, 2.75) is 31.3 Å². The lowest BCUT2D eigenvalue weighted by Crippen LogP contribution is -2.23. The summed E-state index contributed by atoms with van der Waals surface area (Å²) >= 11 is 2.90. The number of aromatic nitrogens is 6. The fourth-order valence-electron chi connectivity index (χ4n) is 2.09. The van der Waals surface area contributed by atoms with Crippen LogP contribution in [0.25, 0.3) is 10.3 Å². The molecule has 3 aromatic rings. The first-order chi connectivity index (χ1) is 10.6. The molecule has 0 aliphatic carbocycles. The molecule has 116 valence electrons. The van der Waals surface area contributed by atoms with Gasteiger partial charge in [-0.25, -0.2) is 19.6 Å². The summed E-state index contributed by atoms with van der Waals surface area (Å²) in [6.07, 6.45) is 4.99. The molecule has 3 heterocycles. The van der Waals surface area contributed by atoms with E-state index in [1.165, 1.54) is 35.8 Å². The topological polar surface area (TPSA) is 78.5 Å². The lowest BCUT2D eigenvalue weighted by atomic mass is 10.2. The second-order valence-corrected chi connectivity index (χ2v) is 7.32. The highest BCUT2D eigenvalue weighted by atomic mass is 32.2. The van der Waals surface area contributed by atoms with Gasteiger partial charge in [-0.15, -0.1) is 11.3 Å². The van der Waals surface area contributed by atoms with E-state index in [1.54, 1.807) is 4.57 Å². The second kappa shape index (κ2) is 6.17. The van der Waals surface area contributed by atoms with Gasteiger partial charge in [-0.05, 0) is 12.2 Å². The fraction of sp³-hybridized carbons (Fsp3) is 0.462. The van der Waals surface area contributed by atoms with Crippen LogP contribution in [0.2, 0.25) is 0 Å². The lowest BCUT2D eigenvalue weighted by Gasteiger charge is -2.09. The average Bonchev–Trinajstić information content (AvgIpc) is 3.08. The van der Waals surface area contributed by atoms with Gasteiger partial charge in [0, 0.05) is 6.54 Å². The van der Waals surface area contributed by atoms with Crippen LogP contribution in [0.1, 0.15) is 19.7 Å². The van der Waals surface area contributed by atoms with E-state index in [0.29, 0.717) is 22.8 Å². The van der Waals surface area contributed by atoms with E-state index in [9.17, 15) is 4.79 Å². The Bertz CT molecular complexity index is 850. The van der Waals surface area contributed by atoms with Crippen molar-refractivity contribution in [3.8, 4) is 0 Å². The molecule has 0 saturated heterocycles. The minimum absolute atomic E-state index is 0.0816. The summed E-state index contributed by atoms with van der Waals surface area (Å²) in [5.74, 6) is 1.22. The Morgan fingerprint density at radius 1 is 1.36 bits per heavy atom. The molecule has 0 N–H and O–H groups in total. The lowest BCUT2D eigenvalue weighted by molar-refractivity contribution is 0.459. The fourth-order valence-corrected chi connectivity index (χ4v) is 3.55. The van der Waals surface area contributed by atoms with Gasteiger partial charge < -0.3 is 0 Å². The first-order valence-corrected chi connectivity index (χ1v) is 8.89. The summed E-state index contributed by atoms with van der Waals surface area (Å²) in [5.41, 5.74) is 0.432. The zero-order valence-corrected chi connectivity index (χ0v) is 14.2. The van der Waals surface area contributed by atoms with Crippen LogP contribution in [0, 0.1) is 5.92 Å². The number of rotatable bonds is 5. The summed E-state index contributed by atoms with van der Waals surface area (Å²) in [4.78, 5) is 25.4. The van der Waals surface area contributed by atoms with Gasteiger partial charge in [0.05, 0.1) is 6.54 Å². The van der Waals surface area contributed by atoms with Crippen LogP contribution in [0.3, 0.4) is 0 Å². The monoisotopic (exact) mass is 336 g/mol. The SMILES string of the molecule is CSc1nc2ncn(Cc3ncnn3CC(C)C)c(=O)c2s1. The van der Waals surface area contributed by atoms with Gasteiger partial charge in [-0.3, -0.25) is 9.36 Å². The summed E-state index contributed by atoms with van der Waals surface area (Å²) in [6, 6.07) is 0. The highest BCUT2D eigenvalue weighted by molar-refractivity contribution is 8.00. The molecule has 0 saturated carbocycles. The van der Waals surface area contributed by atoms with E-state index in [-0.39, 0.29) is 5.56 Å². The van der Waals surface area contributed by atoms with Crippen molar-refractivity contribution in [3.63, 3.8) is 0 Å². The molecule has 0 fully saturated rings. The molecule has 3 aromatic heterocycles. The van der Waals surface area contributed by atoms with Gasteiger partial charge in [0.2, 0.25) is 0 Å². The molecule has 0 spiro atoms. The minimum atomic E-state index is -0.0816. The molecule has 0 amide bonds. The predicted octanol–water partition coefficient (Wildman–Crippen LogP) is 1.87. The number of hydrogen-bond donors (Lipinski definition) is 0.